The second-order valence-electron chi connectivity index (χ2n) is 4.30. The highest BCUT2D eigenvalue weighted by molar-refractivity contribution is 7.91. The Morgan fingerprint density at radius 2 is 1.94 bits per heavy atom. The molecule has 1 aromatic rings. The van der Waals surface area contributed by atoms with Crippen LogP contribution in [-0.2, 0) is 9.84 Å². The number of sulfone groups is 1. The highest BCUT2D eigenvalue weighted by atomic mass is 32.2. The number of benzene rings is 1. The molecule has 0 atom stereocenters. The number of allylic oxidation sites excluding steroid dienone is 2. The molecular weight excluding hydrogens is 232 g/mol. The molecule has 17 heavy (non-hydrogen) atoms. The molecule has 0 N–H and O–H groups in total. The van der Waals surface area contributed by atoms with E-state index in [-0.39, 0.29) is 5.75 Å². The molecular formula is C14H16O2S. The van der Waals surface area contributed by atoms with Crippen LogP contribution in [0, 0.1) is 0 Å². The average Bonchev–Trinajstić information content (AvgIpc) is 2.83. The van der Waals surface area contributed by atoms with E-state index in [1.807, 2.05) is 6.07 Å². The van der Waals surface area contributed by atoms with E-state index in [0.717, 1.165) is 30.4 Å². The zero-order valence-electron chi connectivity index (χ0n) is 9.72. The van der Waals surface area contributed by atoms with E-state index in [4.69, 9.17) is 0 Å². The van der Waals surface area contributed by atoms with Gasteiger partial charge in [-0.25, -0.2) is 8.42 Å². The van der Waals surface area contributed by atoms with Gasteiger partial charge in [-0.3, -0.25) is 0 Å². The Morgan fingerprint density at radius 1 is 1.24 bits per heavy atom. The third kappa shape index (κ3) is 2.86. The highest BCUT2D eigenvalue weighted by Crippen LogP contribution is 2.26. The van der Waals surface area contributed by atoms with Gasteiger partial charge in [0.05, 0.1) is 10.6 Å². The fourth-order valence-electron chi connectivity index (χ4n) is 2.03. The lowest BCUT2D eigenvalue weighted by molar-refractivity contribution is 0.598. The first kappa shape index (κ1) is 12.1. The van der Waals surface area contributed by atoms with E-state index >= 15 is 0 Å². The van der Waals surface area contributed by atoms with Gasteiger partial charge in [-0.2, -0.15) is 0 Å². The monoisotopic (exact) mass is 248 g/mol. The summed E-state index contributed by atoms with van der Waals surface area (Å²) in [7, 11) is -3.24. The fraction of sp³-hybridized carbons (Fsp3) is 0.286. The molecule has 0 amide bonds. The smallest absolute Gasteiger partial charge is 0.182 e. The summed E-state index contributed by atoms with van der Waals surface area (Å²) in [5.74, 6) is 0.0306. The van der Waals surface area contributed by atoms with Crippen LogP contribution < -0.4 is 0 Å². The Kier molecular flexibility index (Phi) is 3.48. The summed E-state index contributed by atoms with van der Waals surface area (Å²) in [5.41, 5.74) is 1.86. The molecule has 0 bridgehead atoms. The maximum absolute atomic E-state index is 12.1. The summed E-state index contributed by atoms with van der Waals surface area (Å²) in [5, 5.41) is 0. The number of rotatable bonds is 4. The third-order valence-corrected chi connectivity index (χ3v) is 4.68. The van der Waals surface area contributed by atoms with Gasteiger partial charge >= 0.3 is 0 Å². The van der Waals surface area contributed by atoms with Crippen molar-refractivity contribution < 1.29 is 8.42 Å². The van der Waals surface area contributed by atoms with Crippen LogP contribution >= 0.6 is 0 Å². The number of hydrogen-bond donors (Lipinski definition) is 0. The summed E-state index contributed by atoms with van der Waals surface area (Å²) < 4.78 is 24.2. The third-order valence-electron chi connectivity index (χ3n) is 2.96. The molecule has 1 aliphatic carbocycles. The lowest BCUT2D eigenvalue weighted by Gasteiger charge is -2.08. The lowest BCUT2D eigenvalue weighted by Crippen LogP contribution is -2.09. The van der Waals surface area contributed by atoms with Crippen LogP contribution in [-0.4, -0.2) is 14.2 Å². The molecule has 0 fully saturated rings. The fourth-order valence-corrected chi connectivity index (χ4v) is 3.41. The van der Waals surface area contributed by atoms with Crippen molar-refractivity contribution in [2.24, 2.45) is 0 Å². The Morgan fingerprint density at radius 3 is 2.53 bits per heavy atom. The van der Waals surface area contributed by atoms with Crippen LogP contribution in [0.2, 0.25) is 0 Å². The molecule has 0 saturated heterocycles. The molecule has 0 aliphatic heterocycles. The molecule has 90 valence electrons. The summed E-state index contributed by atoms with van der Waals surface area (Å²) in [6, 6.07) is 8.56. The minimum Gasteiger partial charge on any atom is -0.223 e. The summed E-state index contributed by atoms with van der Waals surface area (Å²) in [6.45, 7) is 3.90. The van der Waals surface area contributed by atoms with Gasteiger partial charge in [0.15, 0.2) is 9.84 Å². The van der Waals surface area contributed by atoms with Crippen molar-refractivity contribution in [3.63, 3.8) is 0 Å². The van der Waals surface area contributed by atoms with Gasteiger partial charge in [0.1, 0.15) is 0 Å². The minimum atomic E-state index is -3.24. The van der Waals surface area contributed by atoms with Crippen molar-refractivity contribution in [3.8, 4) is 0 Å². The topological polar surface area (TPSA) is 34.1 Å². The normalized spacial score (nSPS) is 15.6. The predicted molar refractivity (Wildman–Crippen MR) is 69.6 cm³/mol. The molecule has 2 rings (SSSR count). The van der Waals surface area contributed by atoms with Crippen LogP contribution in [0.1, 0.15) is 19.3 Å². The van der Waals surface area contributed by atoms with Gasteiger partial charge in [-0.15, -0.1) is 0 Å². The van der Waals surface area contributed by atoms with Gasteiger partial charge in [0.25, 0.3) is 0 Å². The Labute approximate surface area is 103 Å². The predicted octanol–water partition coefficient (Wildman–Crippen LogP) is 3.13. The Bertz CT molecular complexity index is 539. The summed E-state index contributed by atoms with van der Waals surface area (Å²) in [4.78, 5) is 0.375. The molecule has 0 spiro atoms. The summed E-state index contributed by atoms with van der Waals surface area (Å²) >= 11 is 0. The summed E-state index contributed by atoms with van der Waals surface area (Å²) in [6.07, 6.45) is 5.21. The molecule has 3 heteroatoms. The van der Waals surface area contributed by atoms with Crippen molar-refractivity contribution in [1.29, 1.82) is 0 Å². The van der Waals surface area contributed by atoms with E-state index < -0.39 is 9.84 Å². The average molecular weight is 248 g/mol. The molecule has 1 aliphatic rings. The highest BCUT2D eigenvalue weighted by Gasteiger charge is 2.18. The maximum Gasteiger partial charge on any atom is 0.182 e. The second-order valence-corrected chi connectivity index (χ2v) is 6.29. The molecule has 0 saturated carbocycles. The van der Waals surface area contributed by atoms with Gasteiger partial charge in [0, 0.05) is 0 Å². The first-order valence-corrected chi connectivity index (χ1v) is 7.40. The van der Waals surface area contributed by atoms with Crippen molar-refractivity contribution in [1.82, 2.24) is 0 Å². The zero-order valence-corrected chi connectivity index (χ0v) is 10.5. The molecule has 2 nitrogen and oxygen atoms in total. The van der Waals surface area contributed by atoms with Crippen molar-refractivity contribution in [3.05, 3.63) is 54.1 Å². The number of hydrogen-bond acceptors (Lipinski definition) is 2. The Balaban J connectivity index is 2.16. The first-order chi connectivity index (χ1) is 8.09. The molecule has 0 aromatic heterocycles. The van der Waals surface area contributed by atoms with Gasteiger partial charge < -0.3 is 0 Å². The Hall–Kier alpha value is -1.35. The molecule has 0 heterocycles. The molecule has 0 radical (unpaired) electrons. The lowest BCUT2D eigenvalue weighted by atomic mass is 10.1. The van der Waals surface area contributed by atoms with Crippen molar-refractivity contribution >= 4 is 9.84 Å². The van der Waals surface area contributed by atoms with Crippen LogP contribution in [0.15, 0.2) is 59.0 Å². The second kappa shape index (κ2) is 4.88. The van der Waals surface area contributed by atoms with Crippen LogP contribution in [0.25, 0.3) is 0 Å². The van der Waals surface area contributed by atoms with E-state index in [9.17, 15) is 8.42 Å². The van der Waals surface area contributed by atoms with E-state index in [1.165, 1.54) is 0 Å². The standard InChI is InChI=1S/C14H16O2S/c1-12(13-7-5-6-8-13)11-17(15,16)14-9-3-2-4-10-14/h2-4,7,9-10H,1,5-6,8,11H2. The first-order valence-electron chi connectivity index (χ1n) is 5.74. The quantitative estimate of drug-likeness (QED) is 0.820. The van der Waals surface area contributed by atoms with Crippen molar-refractivity contribution in [2.75, 3.05) is 5.75 Å². The van der Waals surface area contributed by atoms with Gasteiger partial charge in [-0.1, -0.05) is 30.9 Å². The SMILES string of the molecule is C=C(CS(=O)(=O)c1ccccc1)C1=CCCC1. The van der Waals surface area contributed by atoms with E-state index in [1.54, 1.807) is 24.3 Å². The molecule has 1 aromatic carbocycles. The molecule has 0 unspecified atom stereocenters. The maximum atomic E-state index is 12.1. The van der Waals surface area contributed by atoms with Crippen LogP contribution in [0.4, 0.5) is 0 Å². The van der Waals surface area contributed by atoms with Gasteiger partial charge in [0.2, 0.25) is 0 Å². The van der Waals surface area contributed by atoms with Crippen LogP contribution in [0.5, 0.6) is 0 Å². The largest absolute Gasteiger partial charge is 0.223 e. The van der Waals surface area contributed by atoms with Crippen molar-refractivity contribution in [2.45, 2.75) is 24.2 Å². The zero-order chi connectivity index (χ0) is 12.3. The van der Waals surface area contributed by atoms with Crippen LogP contribution in [0.3, 0.4) is 0 Å². The van der Waals surface area contributed by atoms with E-state index in [2.05, 4.69) is 12.7 Å². The van der Waals surface area contributed by atoms with Gasteiger partial charge in [-0.05, 0) is 42.5 Å². The minimum absolute atomic E-state index is 0.0306. The van der Waals surface area contributed by atoms with E-state index in [0.29, 0.717) is 4.90 Å².